The highest BCUT2D eigenvalue weighted by atomic mass is 35.5. The number of fused-ring (bicyclic) bond motifs is 1. The zero-order valence-corrected chi connectivity index (χ0v) is 16.0. The molecule has 0 bridgehead atoms. The molecule has 0 saturated heterocycles. The molecular weight excluding hydrogens is 332 g/mol. The van der Waals surface area contributed by atoms with Crippen LogP contribution in [0.1, 0.15) is 37.5 Å². The quantitative estimate of drug-likeness (QED) is 0.650. The van der Waals surface area contributed by atoms with Crippen LogP contribution in [0.5, 0.6) is 0 Å². The van der Waals surface area contributed by atoms with Gasteiger partial charge < -0.3 is 5.32 Å². The van der Waals surface area contributed by atoms with Crippen molar-refractivity contribution in [3.8, 4) is 0 Å². The molecule has 1 aliphatic heterocycles. The van der Waals surface area contributed by atoms with E-state index in [2.05, 4.69) is 58.1 Å². The van der Waals surface area contributed by atoms with Gasteiger partial charge in [-0.2, -0.15) is 0 Å². The molecule has 3 rings (SSSR count). The van der Waals surface area contributed by atoms with Crippen LogP contribution in [0.3, 0.4) is 0 Å². The topological polar surface area (TPSA) is 32.3 Å². The van der Waals surface area contributed by atoms with Crippen molar-refractivity contribution in [3.63, 3.8) is 0 Å². The molecule has 25 heavy (non-hydrogen) atoms. The van der Waals surface area contributed by atoms with Crippen molar-refractivity contribution < 1.29 is 4.79 Å². The molecule has 2 amide bonds. The molecule has 0 fully saturated rings. The summed E-state index contributed by atoms with van der Waals surface area (Å²) in [6.07, 6.45) is 2.14. The lowest BCUT2D eigenvalue weighted by Gasteiger charge is -2.41. The maximum atomic E-state index is 13.1. The van der Waals surface area contributed by atoms with E-state index >= 15 is 0 Å². The van der Waals surface area contributed by atoms with E-state index < -0.39 is 5.54 Å². The summed E-state index contributed by atoms with van der Waals surface area (Å²) in [4.78, 5) is 14.9. The van der Waals surface area contributed by atoms with Gasteiger partial charge in [0.25, 0.3) is 0 Å². The van der Waals surface area contributed by atoms with Crippen LogP contribution in [-0.2, 0) is 0 Å². The number of benzene rings is 2. The minimum absolute atomic E-state index is 0.152. The van der Waals surface area contributed by atoms with Crippen molar-refractivity contribution >= 4 is 34.6 Å². The first-order valence-corrected chi connectivity index (χ1v) is 8.75. The molecule has 2 aromatic rings. The van der Waals surface area contributed by atoms with Crippen LogP contribution in [0.2, 0.25) is 5.02 Å². The van der Waals surface area contributed by atoms with Crippen molar-refractivity contribution in [3.05, 3.63) is 64.2 Å². The van der Waals surface area contributed by atoms with Gasteiger partial charge in [0.2, 0.25) is 0 Å². The van der Waals surface area contributed by atoms with Crippen LogP contribution in [-0.4, -0.2) is 11.6 Å². The number of urea groups is 1. The summed E-state index contributed by atoms with van der Waals surface area (Å²) in [5.74, 6) is 0. The van der Waals surface area contributed by atoms with Crippen LogP contribution in [0.25, 0.3) is 5.57 Å². The summed E-state index contributed by atoms with van der Waals surface area (Å²) in [6.45, 7) is 10.4. The van der Waals surface area contributed by atoms with Crippen LogP contribution in [0, 0.1) is 13.8 Å². The highest BCUT2D eigenvalue weighted by molar-refractivity contribution is 6.30. The maximum absolute atomic E-state index is 13.1. The number of hydrogen-bond acceptors (Lipinski definition) is 1. The second kappa shape index (κ2) is 6.23. The Balaban J connectivity index is 2.03. The summed E-state index contributed by atoms with van der Waals surface area (Å²) in [7, 11) is 0. The van der Waals surface area contributed by atoms with Gasteiger partial charge in [-0.15, -0.1) is 0 Å². The lowest BCUT2D eigenvalue weighted by molar-refractivity contribution is 0.253. The second-order valence-corrected chi connectivity index (χ2v) is 7.64. The second-order valence-electron chi connectivity index (χ2n) is 7.21. The van der Waals surface area contributed by atoms with E-state index in [0.29, 0.717) is 5.02 Å². The number of amides is 2. The zero-order chi connectivity index (χ0) is 18.4. The van der Waals surface area contributed by atoms with Crippen molar-refractivity contribution in [2.75, 3.05) is 10.2 Å². The molecule has 1 aliphatic rings. The van der Waals surface area contributed by atoms with Crippen LogP contribution in [0.4, 0.5) is 16.2 Å². The normalized spacial score (nSPS) is 15.4. The Labute approximate surface area is 154 Å². The molecule has 3 nitrogen and oxygen atoms in total. The third-order valence-electron chi connectivity index (χ3n) is 4.72. The molecule has 1 N–H and O–H groups in total. The molecule has 2 aromatic carbocycles. The predicted molar refractivity (Wildman–Crippen MR) is 107 cm³/mol. The molecular formula is C21H23ClN2O. The zero-order valence-electron chi connectivity index (χ0n) is 15.3. The highest BCUT2D eigenvalue weighted by Gasteiger charge is 2.36. The largest absolute Gasteiger partial charge is 0.327 e. The standard InChI is InChI=1S/C21H23ClN2O/c1-13-10-18-15(3)12-21(4,5)24(19(18)11-14(13)2)20(25)23-17-8-6-16(22)7-9-17/h6-12H,1-5H3,(H,23,25). The number of nitrogens with zero attached hydrogens (tertiary/aromatic N) is 1. The van der Waals surface area contributed by atoms with Gasteiger partial charge in [0.1, 0.15) is 0 Å². The summed E-state index contributed by atoms with van der Waals surface area (Å²) in [5, 5.41) is 3.63. The van der Waals surface area contributed by atoms with E-state index in [-0.39, 0.29) is 6.03 Å². The lowest BCUT2D eigenvalue weighted by Crippen LogP contribution is -2.50. The number of rotatable bonds is 1. The first-order chi connectivity index (χ1) is 11.7. The van der Waals surface area contributed by atoms with Gasteiger partial charge in [-0.3, -0.25) is 4.90 Å². The Bertz CT molecular complexity index is 866. The summed E-state index contributed by atoms with van der Waals surface area (Å²) >= 11 is 5.93. The van der Waals surface area contributed by atoms with E-state index in [9.17, 15) is 4.79 Å². The monoisotopic (exact) mass is 354 g/mol. The van der Waals surface area contributed by atoms with Crippen molar-refractivity contribution in [2.24, 2.45) is 0 Å². The van der Waals surface area contributed by atoms with Gasteiger partial charge >= 0.3 is 6.03 Å². The first kappa shape index (κ1) is 17.6. The van der Waals surface area contributed by atoms with E-state index in [0.717, 1.165) is 16.9 Å². The number of halogens is 1. The first-order valence-electron chi connectivity index (χ1n) is 8.37. The van der Waals surface area contributed by atoms with Crippen molar-refractivity contribution in [1.29, 1.82) is 0 Å². The van der Waals surface area contributed by atoms with Gasteiger partial charge in [0.15, 0.2) is 0 Å². The molecule has 0 unspecified atom stereocenters. The number of aryl methyl sites for hydroxylation is 2. The number of hydrogen-bond donors (Lipinski definition) is 1. The molecule has 0 spiro atoms. The van der Waals surface area contributed by atoms with Crippen molar-refractivity contribution in [1.82, 2.24) is 0 Å². The number of nitrogens with one attached hydrogen (secondary N) is 1. The van der Waals surface area contributed by atoms with E-state index in [1.807, 2.05) is 4.90 Å². The smallest absolute Gasteiger partial charge is 0.308 e. The third-order valence-corrected chi connectivity index (χ3v) is 4.97. The average Bonchev–Trinajstić information content (AvgIpc) is 2.51. The van der Waals surface area contributed by atoms with Crippen LogP contribution < -0.4 is 10.2 Å². The molecule has 0 radical (unpaired) electrons. The Hall–Kier alpha value is -2.26. The fourth-order valence-electron chi connectivity index (χ4n) is 3.37. The third kappa shape index (κ3) is 3.29. The SMILES string of the molecule is CC1=CC(C)(C)N(C(=O)Nc2ccc(Cl)cc2)c2cc(C)c(C)cc21. The minimum atomic E-state index is -0.421. The molecule has 0 saturated carbocycles. The summed E-state index contributed by atoms with van der Waals surface area (Å²) in [6, 6.07) is 11.3. The summed E-state index contributed by atoms with van der Waals surface area (Å²) < 4.78 is 0. The molecule has 4 heteroatoms. The van der Waals surface area contributed by atoms with Gasteiger partial charge in [0, 0.05) is 16.3 Å². The molecule has 0 aromatic heterocycles. The maximum Gasteiger partial charge on any atom is 0.327 e. The number of anilines is 2. The summed E-state index contributed by atoms with van der Waals surface area (Å²) in [5.41, 5.74) is 5.95. The van der Waals surface area contributed by atoms with Crippen LogP contribution >= 0.6 is 11.6 Å². The molecule has 0 atom stereocenters. The number of carbonyl (C=O) groups is 1. The molecule has 0 aliphatic carbocycles. The average molecular weight is 355 g/mol. The fourth-order valence-corrected chi connectivity index (χ4v) is 3.49. The Morgan fingerprint density at radius 3 is 2.28 bits per heavy atom. The molecule has 1 heterocycles. The lowest BCUT2D eigenvalue weighted by atomic mass is 9.87. The minimum Gasteiger partial charge on any atom is -0.308 e. The van der Waals surface area contributed by atoms with Gasteiger partial charge in [0.05, 0.1) is 11.2 Å². The Kier molecular flexibility index (Phi) is 4.38. The van der Waals surface area contributed by atoms with E-state index in [1.165, 1.54) is 16.7 Å². The number of carbonyl (C=O) groups excluding carboxylic acids is 1. The van der Waals surface area contributed by atoms with Gasteiger partial charge in [-0.1, -0.05) is 17.7 Å². The Morgan fingerprint density at radius 1 is 1.04 bits per heavy atom. The van der Waals surface area contributed by atoms with Gasteiger partial charge in [-0.05, 0) is 87.7 Å². The number of allylic oxidation sites excluding steroid dienone is 1. The van der Waals surface area contributed by atoms with E-state index in [1.54, 1.807) is 24.3 Å². The fraction of sp³-hybridized carbons (Fsp3) is 0.286. The van der Waals surface area contributed by atoms with Crippen molar-refractivity contribution in [2.45, 2.75) is 40.2 Å². The highest BCUT2D eigenvalue weighted by Crippen LogP contribution is 2.40. The Morgan fingerprint density at radius 2 is 1.64 bits per heavy atom. The predicted octanol–water partition coefficient (Wildman–Crippen LogP) is 6.19. The van der Waals surface area contributed by atoms with Gasteiger partial charge in [-0.25, -0.2) is 4.79 Å². The van der Waals surface area contributed by atoms with E-state index in [4.69, 9.17) is 11.6 Å². The molecule has 130 valence electrons. The van der Waals surface area contributed by atoms with Crippen LogP contribution in [0.15, 0.2) is 42.5 Å².